The summed E-state index contributed by atoms with van der Waals surface area (Å²) in [6, 6.07) is 4.68. The first kappa shape index (κ1) is 10.8. The molecule has 4 nitrogen and oxygen atoms in total. The predicted octanol–water partition coefficient (Wildman–Crippen LogP) is 2.70. The molecule has 0 aliphatic heterocycles. The third-order valence-corrected chi connectivity index (χ3v) is 2.42. The van der Waals surface area contributed by atoms with Crippen LogP contribution in [0.25, 0.3) is 0 Å². The molecule has 6 heteroatoms. The van der Waals surface area contributed by atoms with Crippen molar-refractivity contribution in [2.75, 3.05) is 11.1 Å². The highest BCUT2D eigenvalue weighted by atomic mass is 79.9. The number of nitrogen functional groups attached to an aromatic ring is 1. The van der Waals surface area contributed by atoms with Gasteiger partial charge in [0.2, 0.25) is 0 Å². The summed E-state index contributed by atoms with van der Waals surface area (Å²) in [7, 11) is 0. The summed E-state index contributed by atoms with van der Waals surface area (Å²) in [5.41, 5.74) is 6.31. The average Bonchev–Trinajstić information content (AvgIpc) is 2.25. The van der Waals surface area contributed by atoms with E-state index in [1.807, 2.05) is 0 Å². The molecule has 0 unspecified atom stereocenters. The van der Waals surface area contributed by atoms with Crippen LogP contribution in [0.2, 0.25) is 0 Å². The monoisotopic (exact) mass is 282 g/mol. The molecule has 1 aromatic carbocycles. The number of anilines is 3. The summed E-state index contributed by atoms with van der Waals surface area (Å²) in [5, 5.41) is 2.80. The molecule has 16 heavy (non-hydrogen) atoms. The van der Waals surface area contributed by atoms with Crippen LogP contribution >= 0.6 is 15.9 Å². The van der Waals surface area contributed by atoms with E-state index in [0.29, 0.717) is 21.7 Å². The van der Waals surface area contributed by atoms with Gasteiger partial charge in [-0.3, -0.25) is 0 Å². The van der Waals surface area contributed by atoms with E-state index in [1.165, 1.54) is 18.6 Å². The maximum atomic E-state index is 13.5. The summed E-state index contributed by atoms with van der Waals surface area (Å²) < 4.78 is 14.2. The lowest BCUT2D eigenvalue weighted by atomic mass is 10.3. The van der Waals surface area contributed by atoms with Crippen molar-refractivity contribution in [3.63, 3.8) is 0 Å². The van der Waals surface area contributed by atoms with E-state index in [0.717, 1.165) is 0 Å². The minimum atomic E-state index is -0.382. The number of halogens is 2. The Balaban J connectivity index is 2.31. The number of nitrogens with zero attached hydrogens (tertiary/aromatic N) is 2. The van der Waals surface area contributed by atoms with Crippen molar-refractivity contribution in [3.8, 4) is 0 Å². The van der Waals surface area contributed by atoms with Crippen LogP contribution in [0.3, 0.4) is 0 Å². The minimum Gasteiger partial charge on any atom is -0.394 e. The molecule has 0 saturated heterocycles. The fourth-order valence-corrected chi connectivity index (χ4v) is 1.50. The molecule has 1 aromatic heterocycles. The molecule has 0 amide bonds. The molecule has 0 spiro atoms. The zero-order valence-corrected chi connectivity index (χ0v) is 9.70. The van der Waals surface area contributed by atoms with Gasteiger partial charge in [0, 0.05) is 4.47 Å². The summed E-state index contributed by atoms with van der Waals surface area (Å²) >= 11 is 3.18. The van der Waals surface area contributed by atoms with E-state index in [9.17, 15) is 4.39 Å². The van der Waals surface area contributed by atoms with Gasteiger partial charge in [0.05, 0.1) is 17.6 Å². The average molecular weight is 283 g/mol. The molecule has 0 saturated carbocycles. The van der Waals surface area contributed by atoms with E-state index >= 15 is 0 Å². The first-order chi connectivity index (χ1) is 7.66. The van der Waals surface area contributed by atoms with Gasteiger partial charge in [-0.25, -0.2) is 14.4 Å². The lowest BCUT2D eigenvalue weighted by molar-refractivity contribution is 0.631. The Bertz CT molecular complexity index is 518. The van der Waals surface area contributed by atoms with Gasteiger partial charge in [0.25, 0.3) is 0 Å². The van der Waals surface area contributed by atoms with Crippen LogP contribution < -0.4 is 11.1 Å². The van der Waals surface area contributed by atoms with E-state index in [4.69, 9.17) is 5.73 Å². The largest absolute Gasteiger partial charge is 0.394 e. The van der Waals surface area contributed by atoms with Crippen LogP contribution in [-0.4, -0.2) is 9.97 Å². The Morgan fingerprint density at radius 2 is 2.19 bits per heavy atom. The third-order valence-electron chi connectivity index (χ3n) is 1.92. The molecule has 0 fully saturated rings. The van der Waals surface area contributed by atoms with Crippen molar-refractivity contribution in [1.82, 2.24) is 9.97 Å². The Kier molecular flexibility index (Phi) is 3.00. The molecule has 0 atom stereocenters. The second-order valence-corrected chi connectivity index (χ2v) is 3.99. The second-order valence-electron chi connectivity index (χ2n) is 3.08. The minimum absolute atomic E-state index is 0.314. The topological polar surface area (TPSA) is 63.8 Å². The SMILES string of the molecule is Nc1cncnc1Nc1ccc(Br)cc1F. The number of hydrogen-bond donors (Lipinski definition) is 2. The van der Waals surface area contributed by atoms with Crippen molar-refractivity contribution >= 4 is 33.1 Å². The van der Waals surface area contributed by atoms with Crippen LogP contribution in [0.4, 0.5) is 21.6 Å². The summed E-state index contributed by atoms with van der Waals surface area (Å²) in [6.45, 7) is 0. The van der Waals surface area contributed by atoms with Crippen molar-refractivity contribution in [2.24, 2.45) is 0 Å². The molecule has 0 radical (unpaired) electrons. The maximum Gasteiger partial charge on any atom is 0.157 e. The smallest absolute Gasteiger partial charge is 0.157 e. The fraction of sp³-hybridized carbons (Fsp3) is 0. The van der Waals surface area contributed by atoms with Crippen molar-refractivity contribution in [1.29, 1.82) is 0 Å². The van der Waals surface area contributed by atoms with Crippen molar-refractivity contribution in [2.45, 2.75) is 0 Å². The van der Waals surface area contributed by atoms with Crippen LogP contribution in [0, 0.1) is 5.82 Å². The van der Waals surface area contributed by atoms with Gasteiger partial charge >= 0.3 is 0 Å². The van der Waals surface area contributed by atoms with Crippen LogP contribution in [-0.2, 0) is 0 Å². The fourth-order valence-electron chi connectivity index (χ4n) is 1.16. The first-order valence-corrected chi connectivity index (χ1v) is 5.23. The molecule has 1 heterocycles. The highest BCUT2D eigenvalue weighted by Crippen LogP contribution is 2.24. The molecule has 0 aliphatic rings. The summed E-state index contributed by atoms with van der Waals surface area (Å²) in [6.07, 6.45) is 2.79. The molecule has 2 aromatic rings. The van der Waals surface area contributed by atoms with Gasteiger partial charge in [-0.2, -0.15) is 0 Å². The summed E-state index contributed by atoms with van der Waals surface area (Å²) in [4.78, 5) is 7.66. The normalized spacial score (nSPS) is 10.1. The molecule has 3 N–H and O–H groups in total. The molecule has 0 bridgehead atoms. The predicted molar refractivity (Wildman–Crippen MR) is 63.8 cm³/mol. The van der Waals surface area contributed by atoms with Gasteiger partial charge in [-0.15, -0.1) is 0 Å². The van der Waals surface area contributed by atoms with E-state index in [1.54, 1.807) is 12.1 Å². The van der Waals surface area contributed by atoms with Crippen molar-refractivity contribution in [3.05, 3.63) is 41.0 Å². The van der Waals surface area contributed by atoms with Gasteiger partial charge in [0.15, 0.2) is 5.82 Å². The highest BCUT2D eigenvalue weighted by Gasteiger charge is 2.05. The third kappa shape index (κ3) is 2.27. The number of nitrogens with one attached hydrogen (secondary N) is 1. The van der Waals surface area contributed by atoms with Gasteiger partial charge < -0.3 is 11.1 Å². The molecule has 82 valence electrons. The Morgan fingerprint density at radius 3 is 2.88 bits per heavy atom. The molecular formula is C10H8BrFN4. The van der Waals surface area contributed by atoms with Crippen LogP contribution in [0.15, 0.2) is 35.2 Å². The van der Waals surface area contributed by atoms with Crippen LogP contribution in [0.1, 0.15) is 0 Å². The standard InChI is InChI=1S/C10H8BrFN4/c11-6-1-2-9(7(12)3-6)16-10-8(13)4-14-5-15-10/h1-5H,13H2,(H,14,15,16). The first-order valence-electron chi connectivity index (χ1n) is 4.44. The highest BCUT2D eigenvalue weighted by molar-refractivity contribution is 9.10. The van der Waals surface area contributed by atoms with Gasteiger partial charge in [-0.1, -0.05) is 15.9 Å². The van der Waals surface area contributed by atoms with E-state index in [-0.39, 0.29) is 5.82 Å². The number of nitrogens with two attached hydrogens (primary N) is 1. The Morgan fingerprint density at radius 1 is 1.38 bits per heavy atom. The Labute approximate surface area is 99.9 Å². The zero-order valence-electron chi connectivity index (χ0n) is 8.11. The van der Waals surface area contributed by atoms with Gasteiger partial charge in [0.1, 0.15) is 12.1 Å². The van der Waals surface area contributed by atoms with Crippen LogP contribution in [0.5, 0.6) is 0 Å². The molecular weight excluding hydrogens is 275 g/mol. The van der Waals surface area contributed by atoms with E-state index in [2.05, 4.69) is 31.2 Å². The molecule has 0 aliphatic carbocycles. The lowest BCUT2D eigenvalue weighted by Gasteiger charge is -2.08. The Hall–Kier alpha value is -1.69. The number of benzene rings is 1. The quantitative estimate of drug-likeness (QED) is 0.889. The maximum absolute atomic E-state index is 13.5. The molecule has 2 rings (SSSR count). The number of hydrogen-bond acceptors (Lipinski definition) is 4. The van der Waals surface area contributed by atoms with Gasteiger partial charge in [-0.05, 0) is 18.2 Å². The number of aromatic nitrogens is 2. The zero-order chi connectivity index (χ0) is 11.5. The number of rotatable bonds is 2. The summed E-state index contributed by atoms with van der Waals surface area (Å²) in [5.74, 6) is 0.00334. The van der Waals surface area contributed by atoms with Crippen molar-refractivity contribution < 1.29 is 4.39 Å². The second kappa shape index (κ2) is 4.44. The lowest BCUT2D eigenvalue weighted by Crippen LogP contribution is -2.01. The van der Waals surface area contributed by atoms with E-state index < -0.39 is 0 Å².